The van der Waals surface area contributed by atoms with Crippen molar-refractivity contribution in [3.05, 3.63) is 28.2 Å². The smallest absolute Gasteiger partial charge is 0.328 e. The molecule has 0 saturated carbocycles. The topological polar surface area (TPSA) is 98.8 Å². The molecule has 1 atom stereocenters. The fourth-order valence-electron chi connectivity index (χ4n) is 1.77. The van der Waals surface area contributed by atoms with Gasteiger partial charge in [-0.3, -0.25) is 4.79 Å². The summed E-state index contributed by atoms with van der Waals surface area (Å²) in [4.78, 5) is 23.9. The number of carbonyl (C=O) groups is 2. The first-order valence-corrected chi connectivity index (χ1v) is 9.43. The molecule has 0 aliphatic carbocycles. The second kappa shape index (κ2) is 8.30. The number of methoxy groups -OCH3 is 2. The summed E-state index contributed by atoms with van der Waals surface area (Å²) in [5.41, 5.74) is 0.276. The van der Waals surface area contributed by atoms with Crippen LogP contribution in [0.4, 0.5) is 0 Å². The number of halogens is 1. The molecule has 0 fully saturated rings. The van der Waals surface area contributed by atoms with Gasteiger partial charge in [-0.05, 0) is 40.5 Å². The van der Waals surface area contributed by atoms with E-state index in [4.69, 9.17) is 4.74 Å². The molecular weight excluding hydrogens is 390 g/mol. The lowest BCUT2D eigenvalue weighted by Gasteiger charge is -2.16. The van der Waals surface area contributed by atoms with Crippen LogP contribution in [0.25, 0.3) is 0 Å². The zero-order valence-electron chi connectivity index (χ0n) is 13.0. The highest BCUT2D eigenvalue weighted by Crippen LogP contribution is 2.25. The van der Waals surface area contributed by atoms with Crippen LogP contribution >= 0.6 is 15.9 Å². The summed E-state index contributed by atoms with van der Waals surface area (Å²) in [6.07, 6.45) is 0.994. The number of nitrogens with one attached hydrogen (secondary N) is 1. The molecule has 1 aromatic rings. The van der Waals surface area contributed by atoms with Gasteiger partial charge in [-0.1, -0.05) is 0 Å². The van der Waals surface area contributed by atoms with Gasteiger partial charge in [-0.25, -0.2) is 13.2 Å². The molecular formula is C14H18BrNO6S. The third-order valence-electron chi connectivity index (χ3n) is 2.98. The molecule has 0 radical (unpaired) electrons. The van der Waals surface area contributed by atoms with Crippen molar-refractivity contribution in [3.63, 3.8) is 0 Å². The Hall–Kier alpha value is -1.61. The molecule has 1 aromatic carbocycles. The summed E-state index contributed by atoms with van der Waals surface area (Å²) < 4.78 is 32.9. The van der Waals surface area contributed by atoms with Crippen LogP contribution in [0.2, 0.25) is 0 Å². The van der Waals surface area contributed by atoms with E-state index >= 15 is 0 Å². The van der Waals surface area contributed by atoms with E-state index in [1.807, 2.05) is 0 Å². The number of carbonyl (C=O) groups excluding carboxylic acids is 2. The number of hydrogen-bond donors (Lipinski definition) is 1. The van der Waals surface area contributed by atoms with Gasteiger partial charge < -0.3 is 14.8 Å². The van der Waals surface area contributed by atoms with Gasteiger partial charge in [0.1, 0.15) is 21.6 Å². The Kier molecular flexibility index (Phi) is 7.01. The quantitative estimate of drug-likeness (QED) is 0.680. The van der Waals surface area contributed by atoms with Gasteiger partial charge in [0.2, 0.25) is 0 Å². The van der Waals surface area contributed by atoms with Crippen molar-refractivity contribution in [2.75, 3.05) is 26.2 Å². The highest BCUT2D eigenvalue weighted by molar-refractivity contribution is 9.10. The first-order valence-electron chi connectivity index (χ1n) is 6.58. The number of rotatable bonds is 7. The van der Waals surface area contributed by atoms with Crippen LogP contribution in [0, 0.1) is 0 Å². The summed E-state index contributed by atoms with van der Waals surface area (Å²) >= 11 is 3.27. The Morgan fingerprint density at radius 1 is 1.30 bits per heavy atom. The number of hydrogen-bond acceptors (Lipinski definition) is 6. The van der Waals surface area contributed by atoms with Crippen LogP contribution in [0.5, 0.6) is 5.75 Å². The van der Waals surface area contributed by atoms with Gasteiger partial charge in [0.15, 0.2) is 0 Å². The van der Waals surface area contributed by atoms with Crippen LogP contribution in [0.1, 0.15) is 16.8 Å². The van der Waals surface area contributed by atoms with Crippen LogP contribution < -0.4 is 10.1 Å². The fourth-order valence-corrected chi connectivity index (χ4v) is 2.84. The van der Waals surface area contributed by atoms with Crippen molar-refractivity contribution in [2.24, 2.45) is 0 Å². The third-order valence-corrected chi connectivity index (χ3v) is 4.61. The highest BCUT2D eigenvalue weighted by atomic mass is 79.9. The molecule has 1 rings (SSSR count). The maximum Gasteiger partial charge on any atom is 0.328 e. The molecule has 128 valence electrons. The largest absolute Gasteiger partial charge is 0.496 e. The standard InChI is InChI=1S/C14H18BrNO6S/c1-21-12-8-9(4-5-10(12)15)13(17)16-11(14(18)22-2)6-7-23(3,19)20/h4-5,8,11H,6-7H2,1-3H3,(H,16,17). The molecule has 0 saturated heterocycles. The zero-order valence-corrected chi connectivity index (χ0v) is 15.4. The zero-order chi connectivity index (χ0) is 17.6. The Labute approximate surface area is 143 Å². The Balaban J connectivity index is 2.90. The molecule has 9 heteroatoms. The maximum atomic E-state index is 12.2. The van der Waals surface area contributed by atoms with Gasteiger partial charge in [-0.15, -0.1) is 0 Å². The van der Waals surface area contributed by atoms with E-state index in [0.717, 1.165) is 6.26 Å². The second-order valence-corrected chi connectivity index (χ2v) is 7.93. The average Bonchev–Trinajstić information content (AvgIpc) is 2.49. The predicted molar refractivity (Wildman–Crippen MR) is 88.3 cm³/mol. The lowest BCUT2D eigenvalue weighted by molar-refractivity contribution is -0.142. The summed E-state index contributed by atoms with van der Waals surface area (Å²) in [5.74, 6) is -1.01. The summed E-state index contributed by atoms with van der Waals surface area (Å²) in [6.45, 7) is 0. The Morgan fingerprint density at radius 3 is 2.48 bits per heavy atom. The number of amides is 1. The average molecular weight is 408 g/mol. The molecule has 0 bridgehead atoms. The van der Waals surface area contributed by atoms with Crippen LogP contribution in [-0.2, 0) is 19.4 Å². The first-order chi connectivity index (χ1) is 10.7. The van der Waals surface area contributed by atoms with Gasteiger partial charge in [0, 0.05) is 11.8 Å². The third kappa shape index (κ3) is 6.19. The van der Waals surface area contributed by atoms with Crippen LogP contribution in [-0.4, -0.2) is 52.6 Å². The maximum absolute atomic E-state index is 12.2. The molecule has 1 amide bonds. The number of ether oxygens (including phenoxy) is 2. The number of benzene rings is 1. The fraction of sp³-hybridized carbons (Fsp3) is 0.429. The summed E-state index contributed by atoms with van der Waals surface area (Å²) in [7, 11) is -0.628. The number of esters is 1. The van der Waals surface area contributed by atoms with Gasteiger partial charge >= 0.3 is 5.97 Å². The number of sulfone groups is 1. The van der Waals surface area contributed by atoms with Crippen LogP contribution in [0.3, 0.4) is 0 Å². The molecule has 0 heterocycles. The minimum absolute atomic E-state index is 0.0646. The van der Waals surface area contributed by atoms with E-state index in [1.165, 1.54) is 20.3 Å². The highest BCUT2D eigenvalue weighted by Gasteiger charge is 2.24. The van der Waals surface area contributed by atoms with Gasteiger partial charge in [0.25, 0.3) is 5.91 Å². The van der Waals surface area contributed by atoms with E-state index in [9.17, 15) is 18.0 Å². The molecule has 0 aliphatic rings. The van der Waals surface area contributed by atoms with E-state index in [2.05, 4.69) is 26.0 Å². The normalized spacial score (nSPS) is 12.3. The monoisotopic (exact) mass is 407 g/mol. The molecule has 0 aliphatic heterocycles. The van der Waals surface area contributed by atoms with Crippen molar-refractivity contribution in [3.8, 4) is 5.75 Å². The summed E-state index contributed by atoms with van der Waals surface area (Å²) in [5, 5.41) is 2.48. The molecule has 23 heavy (non-hydrogen) atoms. The molecule has 1 N–H and O–H groups in total. The van der Waals surface area contributed by atoms with Crippen molar-refractivity contribution in [1.82, 2.24) is 5.32 Å². The minimum atomic E-state index is -3.26. The Morgan fingerprint density at radius 2 is 1.96 bits per heavy atom. The van der Waals surface area contributed by atoms with E-state index < -0.39 is 27.8 Å². The molecule has 7 nitrogen and oxygen atoms in total. The van der Waals surface area contributed by atoms with Crippen molar-refractivity contribution in [1.29, 1.82) is 0 Å². The molecule has 0 spiro atoms. The lowest BCUT2D eigenvalue weighted by atomic mass is 10.1. The first kappa shape index (κ1) is 19.4. The van der Waals surface area contributed by atoms with Crippen LogP contribution in [0.15, 0.2) is 22.7 Å². The van der Waals surface area contributed by atoms with E-state index in [-0.39, 0.29) is 17.7 Å². The lowest BCUT2D eigenvalue weighted by Crippen LogP contribution is -2.42. The predicted octanol–water partition coefficient (Wildman–Crippen LogP) is 1.16. The van der Waals surface area contributed by atoms with E-state index in [0.29, 0.717) is 10.2 Å². The van der Waals surface area contributed by atoms with E-state index in [1.54, 1.807) is 12.1 Å². The van der Waals surface area contributed by atoms with Crippen molar-refractivity contribution >= 4 is 37.6 Å². The molecule has 1 unspecified atom stereocenters. The van der Waals surface area contributed by atoms with Crippen molar-refractivity contribution < 1.29 is 27.5 Å². The summed E-state index contributed by atoms with van der Waals surface area (Å²) in [6, 6.07) is 3.64. The van der Waals surface area contributed by atoms with Gasteiger partial charge in [-0.2, -0.15) is 0 Å². The Bertz CT molecular complexity index is 689. The van der Waals surface area contributed by atoms with Crippen molar-refractivity contribution in [2.45, 2.75) is 12.5 Å². The SMILES string of the molecule is COC(=O)C(CCS(C)(=O)=O)NC(=O)c1ccc(Br)c(OC)c1. The van der Waals surface area contributed by atoms with Gasteiger partial charge in [0.05, 0.1) is 24.4 Å². The second-order valence-electron chi connectivity index (χ2n) is 4.82. The minimum Gasteiger partial charge on any atom is -0.496 e. The molecule has 0 aromatic heterocycles.